The minimum absolute atomic E-state index is 0.284. The molecule has 0 aliphatic rings. The fourth-order valence-electron chi connectivity index (χ4n) is 3.03. The summed E-state index contributed by atoms with van der Waals surface area (Å²) in [6, 6.07) is 18.2. The molecule has 6 heteroatoms. The predicted octanol–water partition coefficient (Wildman–Crippen LogP) is 4.82. The second-order valence-corrected chi connectivity index (χ2v) is 6.59. The lowest BCUT2D eigenvalue weighted by atomic mass is 10.1. The Labute approximate surface area is 175 Å². The quantitative estimate of drug-likeness (QED) is 0.542. The van der Waals surface area contributed by atoms with Crippen LogP contribution in [0.1, 0.15) is 31.1 Å². The zero-order chi connectivity index (χ0) is 21.5. The smallest absolute Gasteiger partial charge is 0.339 e. The van der Waals surface area contributed by atoms with Gasteiger partial charge in [0.25, 0.3) is 5.91 Å². The van der Waals surface area contributed by atoms with Crippen molar-refractivity contribution in [2.24, 2.45) is 0 Å². The van der Waals surface area contributed by atoms with Gasteiger partial charge in [0.1, 0.15) is 0 Å². The highest BCUT2D eigenvalue weighted by Gasteiger charge is 2.21. The van der Waals surface area contributed by atoms with Crippen LogP contribution in [0.3, 0.4) is 0 Å². The Morgan fingerprint density at radius 3 is 2.37 bits per heavy atom. The zero-order valence-corrected chi connectivity index (χ0v) is 17.3. The minimum atomic E-state index is -0.974. The van der Waals surface area contributed by atoms with Crippen LogP contribution in [0.4, 0.5) is 5.69 Å². The highest BCUT2D eigenvalue weighted by Crippen LogP contribution is 2.29. The first-order valence-corrected chi connectivity index (χ1v) is 9.92. The number of hydrogen-bond acceptors (Lipinski definition) is 5. The third-order valence-electron chi connectivity index (χ3n) is 4.48. The van der Waals surface area contributed by atoms with Crippen molar-refractivity contribution < 1.29 is 23.8 Å². The molecule has 0 heterocycles. The number of nitrogens with one attached hydrogen (secondary N) is 1. The number of carbonyl (C=O) groups excluding carboxylic acids is 2. The molecule has 3 rings (SSSR count). The molecule has 30 heavy (non-hydrogen) atoms. The van der Waals surface area contributed by atoms with Crippen molar-refractivity contribution in [3.05, 3.63) is 66.2 Å². The standard InChI is InChI=1S/C24H25NO5/c1-4-28-21-14-13-18(15-22(21)29-5-2)24(27)30-16(3)23(26)25-20-12-8-10-17-9-6-7-11-19(17)20/h6-16H,4-5H2,1-3H3,(H,25,26)/t16-/m0/s1. The Morgan fingerprint density at radius 1 is 0.900 bits per heavy atom. The van der Waals surface area contributed by atoms with E-state index in [4.69, 9.17) is 14.2 Å². The first kappa shape index (κ1) is 21.2. The van der Waals surface area contributed by atoms with Gasteiger partial charge in [-0.15, -0.1) is 0 Å². The van der Waals surface area contributed by atoms with Gasteiger partial charge < -0.3 is 19.5 Å². The summed E-state index contributed by atoms with van der Waals surface area (Å²) in [6.45, 7) is 6.17. The van der Waals surface area contributed by atoms with Gasteiger partial charge in [-0.2, -0.15) is 0 Å². The molecular weight excluding hydrogens is 382 g/mol. The van der Waals surface area contributed by atoms with E-state index in [1.807, 2.05) is 56.3 Å². The number of esters is 1. The number of anilines is 1. The molecule has 0 radical (unpaired) electrons. The van der Waals surface area contributed by atoms with Crippen LogP contribution in [-0.4, -0.2) is 31.2 Å². The number of hydrogen-bond donors (Lipinski definition) is 1. The Kier molecular flexibility index (Phi) is 6.91. The third kappa shape index (κ3) is 4.89. The fraction of sp³-hybridized carbons (Fsp3) is 0.250. The van der Waals surface area contributed by atoms with Crippen molar-refractivity contribution in [1.29, 1.82) is 0 Å². The van der Waals surface area contributed by atoms with Crippen LogP contribution in [0.15, 0.2) is 60.7 Å². The van der Waals surface area contributed by atoms with Gasteiger partial charge in [-0.05, 0) is 50.4 Å². The molecule has 1 amide bonds. The summed E-state index contributed by atoms with van der Waals surface area (Å²) < 4.78 is 16.4. The second kappa shape index (κ2) is 9.78. The monoisotopic (exact) mass is 407 g/mol. The minimum Gasteiger partial charge on any atom is -0.490 e. The van der Waals surface area contributed by atoms with Gasteiger partial charge in [-0.25, -0.2) is 4.79 Å². The number of rotatable bonds is 8. The van der Waals surface area contributed by atoms with Crippen LogP contribution in [0.25, 0.3) is 10.8 Å². The van der Waals surface area contributed by atoms with Crippen molar-refractivity contribution in [2.45, 2.75) is 26.9 Å². The number of ether oxygens (including phenoxy) is 3. The number of fused-ring (bicyclic) bond motifs is 1. The molecule has 0 aromatic heterocycles. The van der Waals surface area contributed by atoms with Gasteiger partial charge in [-0.3, -0.25) is 4.79 Å². The molecule has 1 N–H and O–H groups in total. The van der Waals surface area contributed by atoms with Gasteiger partial charge in [0.2, 0.25) is 0 Å². The third-order valence-corrected chi connectivity index (χ3v) is 4.48. The van der Waals surface area contributed by atoms with Gasteiger partial charge in [0, 0.05) is 11.1 Å². The van der Waals surface area contributed by atoms with Crippen molar-refractivity contribution >= 4 is 28.3 Å². The molecule has 3 aromatic carbocycles. The Balaban J connectivity index is 1.70. The van der Waals surface area contributed by atoms with E-state index in [0.717, 1.165) is 10.8 Å². The number of carbonyl (C=O) groups is 2. The SMILES string of the molecule is CCOc1ccc(C(=O)O[C@@H](C)C(=O)Nc2cccc3ccccc23)cc1OCC. The largest absolute Gasteiger partial charge is 0.490 e. The molecule has 0 saturated carbocycles. The van der Waals surface area contributed by atoms with E-state index < -0.39 is 18.0 Å². The maximum atomic E-state index is 12.6. The number of amides is 1. The maximum Gasteiger partial charge on any atom is 0.339 e. The normalized spacial score (nSPS) is 11.6. The van der Waals surface area contributed by atoms with Gasteiger partial charge in [0.15, 0.2) is 17.6 Å². The Morgan fingerprint density at radius 2 is 1.60 bits per heavy atom. The molecule has 156 valence electrons. The van der Waals surface area contributed by atoms with Gasteiger partial charge in [0.05, 0.1) is 18.8 Å². The second-order valence-electron chi connectivity index (χ2n) is 6.59. The average Bonchev–Trinajstić information content (AvgIpc) is 2.75. The molecule has 6 nitrogen and oxygen atoms in total. The van der Waals surface area contributed by atoms with Crippen LogP contribution in [-0.2, 0) is 9.53 Å². The van der Waals surface area contributed by atoms with E-state index >= 15 is 0 Å². The summed E-state index contributed by atoms with van der Waals surface area (Å²) in [5.74, 6) is -0.00505. The summed E-state index contributed by atoms with van der Waals surface area (Å²) >= 11 is 0. The average molecular weight is 407 g/mol. The first-order valence-electron chi connectivity index (χ1n) is 9.92. The van der Waals surface area contributed by atoms with Gasteiger partial charge in [-0.1, -0.05) is 36.4 Å². The molecular formula is C24H25NO5. The fourth-order valence-corrected chi connectivity index (χ4v) is 3.03. The van der Waals surface area contributed by atoms with Crippen LogP contribution >= 0.6 is 0 Å². The summed E-state index contributed by atoms with van der Waals surface area (Å²) in [4.78, 5) is 25.2. The van der Waals surface area contributed by atoms with Crippen molar-refractivity contribution in [3.8, 4) is 11.5 Å². The molecule has 0 bridgehead atoms. The maximum absolute atomic E-state index is 12.6. The van der Waals surface area contributed by atoms with E-state index in [-0.39, 0.29) is 5.56 Å². The van der Waals surface area contributed by atoms with Crippen molar-refractivity contribution in [2.75, 3.05) is 18.5 Å². The van der Waals surface area contributed by atoms with E-state index in [1.54, 1.807) is 18.2 Å². The van der Waals surface area contributed by atoms with Crippen LogP contribution in [0, 0.1) is 0 Å². The van der Waals surface area contributed by atoms with E-state index in [2.05, 4.69) is 5.32 Å². The van der Waals surface area contributed by atoms with E-state index in [9.17, 15) is 9.59 Å². The lowest BCUT2D eigenvalue weighted by Gasteiger charge is -2.16. The molecule has 0 fully saturated rings. The molecule has 3 aromatic rings. The molecule has 0 aliphatic heterocycles. The number of benzene rings is 3. The highest BCUT2D eigenvalue weighted by molar-refractivity contribution is 6.04. The van der Waals surface area contributed by atoms with Crippen molar-refractivity contribution in [1.82, 2.24) is 0 Å². The molecule has 1 atom stereocenters. The Bertz CT molecular complexity index is 1040. The van der Waals surface area contributed by atoms with E-state index in [1.165, 1.54) is 6.92 Å². The first-order chi connectivity index (χ1) is 14.5. The van der Waals surface area contributed by atoms with Crippen LogP contribution in [0.5, 0.6) is 11.5 Å². The molecule has 0 saturated heterocycles. The van der Waals surface area contributed by atoms with E-state index in [0.29, 0.717) is 30.4 Å². The zero-order valence-electron chi connectivity index (χ0n) is 17.3. The molecule has 0 spiro atoms. The summed E-state index contributed by atoms with van der Waals surface area (Å²) in [5.41, 5.74) is 0.951. The van der Waals surface area contributed by atoms with Crippen molar-refractivity contribution in [3.63, 3.8) is 0 Å². The highest BCUT2D eigenvalue weighted by atomic mass is 16.5. The lowest BCUT2D eigenvalue weighted by molar-refractivity contribution is -0.123. The Hall–Kier alpha value is -3.54. The topological polar surface area (TPSA) is 73.9 Å². The van der Waals surface area contributed by atoms with Gasteiger partial charge >= 0.3 is 5.97 Å². The molecule has 0 aliphatic carbocycles. The summed E-state index contributed by atoms with van der Waals surface area (Å²) in [6.07, 6.45) is -0.974. The van der Waals surface area contributed by atoms with Crippen LogP contribution < -0.4 is 14.8 Å². The summed E-state index contributed by atoms with van der Waals surface area (Å²) in [5, 5.41) is 4.77. The van der Waals surface area contributed by atoms with Crippen LogP contribution in [0.2, 0.25) is 0 Å². The molecule has 0 unspecified atom stereocenters. The lowest BCUT2D eigenvalue weighted by Crippen LogP contribution is -2.30. The predicted molar refractivity (Wildman–Crippen MR) is 116 cm³/mol. The summed E-state index contributed by atoms with van der Waals surface area (Å²) in [7, 11) is 0.